The first-order valence-corrected chi connectivity index (χ1v) is 20.6. The molecule has 0 spiro atoms. The predicted molar refractivity (Wildman–Crippen MR) is 194 cm³/mol. The summed E-state index contributed by atoms with van der Waals surface area (Å²) in [6.45, 7) is 4.65. The maximum atomic E-state index is 12.4. The number of quaternary nitrogens is 1. The van der Waals surface area contributed by atoms with Crippen LogP contribution in [0.25, 0.3) is 0 Å². The van der Waals surface area contributed by atoms with Gasteiger partial charge in [0.25, 0.3) is 7.82 Å². The summed E-state index contributed by atoms with van der Waals surface area (Å²) in [5, 5.41) is 0. The number of unbranched alkanes of at least 4 members (excludes halogenated alkanes) is 19. The zero-order valence-corrected chi connectivity index (χ0v) is 32.1. The number of phosphoric acid groups is 1. The number of likely N-dealkylation sites (N-methyl/N-ethyl adjacent to an activating group) is 1. The maximum Gasteiger partial charge on any atom is 0.305 e. The molecule has 0 rings (SSSR count). The number of ether oxygens (including phenoxy) is 2. The number of hydrogen-bond acceptors (Lipinski definition) is 7. The van der Waals surface area contributed by atoms with Crippen molar-refractivity contribution in [3.8, 4) is 0 Å². The van der Waals surface area contributed by atoms with Gasteiger partial charge in [-0.2, -0.15) is 0 Å². The van der Waals surface area contributed by atoms with Crippen molar-refractivity contribution < 1.29 is 37.3 Å². The average molecular weight is 688 g/mol. The van der Waals surface area contributed by atoms with Gasteiger partial charge in [-0.15, -0.1) is 0 Å². The van der Waals surface area contributed by atoms with Gasteiger partial charge in [0.15, 0.2) is 6.10 Å². The van der Waals surface area contributed by atoms with Gasteiger partial charge in [-0.3, -0.25) is 9.36 Å². The second-order valence-corrected chi connectivity index (χ2v) is 15.4. The highest BCUT2D eigenvalue weighted by atomic mass is 31.2. The van der Waals surface area contributed by atoms with Crippen LogP contribution in [0.3, 0.4) is 0 Å². The first-order valence-electron chi connectivity index (χ1n) is 19.1. The molecule has 0 aliphatic carbocycles. The highest BCUT2D eigenvalue weighted by Gasteiger charge is 2.19. The van der Waals surface area contributed by atoms with E-state index in [0.29, 0.717) is 17.4 Å². The second-order valence-electron chi connectivity index (χ2n) is 14.0. The van der Waals surface area contributed by atoms with E-state index < -0.39 is 13.9 Å². The fourth-order valence-electron chi connectivity index (χ4n) is 4.98. The Morgan fingerprint density at radius 2 is 1.15 bits per heavy atom. The van der Waals surface area contributed by atoms with Gasteiger partial charge in [-0.05, 0) is 44.6 Å². The van der Waals surface area contributed by atoms with Crippen molar-refractivity contribution in [3.05, 3.63) is 24.5 Å². The molecule has 9 heteroatoms. The van der Waals surface area contributed by atoms with Crippen LogP contribution in [0.15, 0.2) is 24.5 Å². The summed E-state index contributed by atoms with van der Waals surface area (Å²) in [5.41, 5.74) is 0. The van der Waals surface area contributed by atoms with E-state index in [9.17, 15) is 14.3 Å². The number of allylic oxidation sites excluding steroid dienone is 3. The molecule has 8 nitrogen and oxygen atoms in total. The van der Waals surface area contributed by atoms with Crippen LogP contribution >= 0.6 is 7.82 Å². The summed E-state index contributed by atoms with van der Waals surface area (Å²) >= 11 is 0. The smallest absolute Gasteiger partial charge is 0.305 e. The molecular formula is C38H74NO7P. The van der Waals surface area contributed by atoms with Crippen molar-refractivity contribution in [2.75, 3.05) is 47.5 Å². The van der Waals surface area contributed by atoms with E-state index in [1.54, 1.807) is 6.26 Å². The normalized spacial score (nSPS) is 14.2. The third-order valence-electron chi connectivity index (χ3n) is 8.09. The van der Waals surface area contributed by atoms with E-state index in [1.807, 2.05) is 27.2 Å². The van der Waals surface area contributed by atoms with Crippen LogP contribution in [0, 0.1) is 0 Å². The molecule has 0 N–H and O–H groups in total. The predicted octanol–water partition coefficient (Wildman–Crippen LogP) is 10.2. The Morgan fingerprint density at radius 1 is 0.660 bits per heavy atom. The largest absolute Gasteiger partial charge is 0.756 e. The number of nitrogens with zero attached hydrogens (tertiary/aromatic N) is 1. The van der Waals surface area contributed by atoms with E-state index in [-0.39, 0.29) is 25.8 Å². The Balaban J connectivity index is 4.37. The van der Waals surface area contributed by atoms with Crippen molar-refractivity contribution >= 4 is 13.8 Å². The molecule has 2 atom stereocenters. The first-order chi connectivity index (χ1) is 22.6. The fourth-order valence-corrected chi connectivity index (χ4v) is 5.71. The zero-order chi connectivity index (χ0) is 34.9. The quantitative estimate of drug-likeness (QED) is 0.0163. The number of carbonyl (C=O) groups is 1. The van der Waals surface area contributed by atoms with Gasteiger partial charge in [-0.1, -0.05) is 129 Å². The summed E-state index contributed by atoms with van der Waals surface area (Å²) in [5.74, 6) is -0.303. The van der Waals surface area contributed by atoms with E-state index in [4.69, 9.17) is 18.5 Å². The van der Waals surface area contributed by atoms with Gasteiger partial charge >= 0.3 is 5.97 Å². The number of carbonyl (C=O) groups excluding carboxylic acids is 1. The lowest BCUT2D eigenvalue weighted by molar-refractivity contribution is -0.870. The zero-order valence-electron chi connectivity index (χ0n) is 31.2. The Labute approximate surface area is 290 Å². The fraction of sp³-hybridized carbons (Fsp3) is 0.868. The Morgan fingerprint density at radius 3 is 1.70 bits per heavy atom. The lowest BCUT2D eigenvalue weighted by atomic mass is 10.0. The Bertz CT molecular complexity index is 812. The van der Waals surface area contributed by atoms with E-state index in [2.05, 4.69) is 26.0 Å². The monoisotopic (exact) mass is 688 g/mol. The van der Waals surface area contributed by atoms with Gasteiger partial charge < -0.3 is 27.9 Å². The van der Waals surface area contributed by atoms with Gasteiger partial charge in [0.1, 0.15) is 19.8 Å². The molecule has 0 aliphatic rings. The lowest BCUT2D eigenvalue weighted by Crippen LogP contribution is -2.37. The Hall–Kier alpha value is -1.18. The molecule has 0 saturated heterocycles. The van der Waals surface area contributed by atoms with Gasteiger partial charge in [0.05, 0.1) is 34.0 Å². The summed E-state index contributed by atoms with van der Waals surface area (Å²) in [4.78, 5) is 24.7. The second kappa shape index (κ2) is 32.0. The topological polar surface area (TPSA) is 94.1 Å². The van der Waals surface area contributed by atoms with Crippen LogP contribution < -0.4 is 4.89 Å². The standard InChI is InChI=1S/C38H74NO7P/c1-6-8-10-12-14-16-18-19-20-22-24-26-28-30-33-43-37(36-46-47(41,42)45-34-32-39(3,4)5)35-44-38(40)31-29-27-25-23-21-17-15-13-11-9-7-2/h13,15,30,33,37H,6-12,14,16-29,31-32,34-36H2,1-5H3/b15-13-,33-30-/t37-/m1/s1. The molecular weight excluding hydrogens is 613 g/mol. The third-order valence-corrected chi connectivity index (χ3v) is 9.06. The lowest BCUT2D eigenvalue weighted by Gasteiger charge is -2.28. The number of phosphoric ester groups is 1. The van der Waals surface area contributed by atoms with Crippen LogP contribution in [-0.2, 0) is 27.9 Å². The highest BCUT2D eigenvalue weighted by molar-refractivity contribution is 7.45. The maximum absolute atomic E-state index is 12.4. The Kier molecular flexibility index (Phi) is 31.2. The van der Waals surface area contributed by atoms with Crippen LogP contribution in [0.2, 0.25) is 0 Å². The molecule has 0 radical (unpaired) electrons. The first kappa shape index (κ1) is 45.8. The summed E-state index contributed by atoms with van der Waals surface area (Å²) in [6, 6.07) is 0. The summed E-state index contributed by atoms with van der Waals surface area (Å²) < 4.78 is 34.2. The molecule has 0 heterocycles. The van der Waals surface area contributed by atoms with Crippen molar-refractivity contribution in [2.45, 2.75) is 168 Å². The van der Waals surface area contributed by atoms with Crippen LogP contribution in [0.5, 0.6) is 0 Å². The van der Waals surface area contributed by atoms with Crippen molar-refractivity contribution in [3.63, 3.8) is 0 Å². The van der Waals surface area contributed by atoms with Gasteiger partial charge in [0, 0.05) is 6.42 Å². The van der Waals surface area contributed by atoms with Crippen molar-refractivity contribution in [1.82, 2.24) is 0 Å². The SMILES string of the molecule is CCCC/C=C\CCCCCCCC(=O)OC[C@H](COP(=O)([O-])OCC[N+](C)(C)C)O/C=C\CCCCCCCCCCCCCC. The third kappa shape index (κ3) is 35.9. The van der Waals surface area contributed by atoms with Crippen LogP contribution in [0.1, 0.15) is 162 Å². The van der Waals surface area contributed by atoms with E-state index in [1.165, 1.54) is 96.3 Å². The number of rotatable bonds is 35. The molecule has 0 aliphatic heterocycles. The highest BCUT2D eigenvalue weighted by Crippen LogP contribution is 2.38. The molecule has 47 heavy (non-hydrogen) atoms. The number of esters is 1. The molecule has 0 fully saturated rings. The summed E-state index contributed by atoms with van der Waals surface area (Å²) in [7, 11) is 1.36. The molecule has 0 bridgehead atoms. The summed E-state index contributed by atoms with van der Waals surface area (Å²) in [6.07, 6.45) is 34.3. The average Bonchev–Trinajstić information content (AvgIpc) is 3.01. The molecule has 1 unspecified atom stereocenters. The molecule has 0 aromatic carbocycles. The van der Waals surface area contributed by atoms with Crippen molar-refractivity contribution in [1.29, 1.82) is 0 Å². The van der Waals surface area contributed by atoms with E-state index >= 15 is 0 Å². The van der Waals surface area contributed by atoms with Crippen LogP contribution in [0.4, 0.5) is 0 Å². The minimum absolute atomic E-state index is 0.0272. The number of hydrogen-bond donors (Lipinski definition) is 0. The molecule has 0 aromatic rings. The van der Waals surface area contributed by atoms with Gasteiger partial charge in [-0.25, -0.2) is 0 Å². The molecule has 0 amide bonds. The minimum atomic E-state index is -4.50. The minimum Gasteiger partial charge on any atom is -0.756 e. The molecule has 0 aromatic heterocycles. The van der Waals surface area contributed by atoms with Crippen molar-refractivity contribution in [2.24, 2.45) is 0 Å². The molecule has 0 saturated carbocycles. The molecule has 278 valence electrons. The van der Waals surface area contributed by atoms with Gasteiger partial charge in [0.2, 0.25) is 0 Å². The van der Waals surface area contributed by atoms with Crippen LogP contribution in [-0.4, -0.2) is 64.1 Å². The van der Waals surface area contributed by atoms with E-state index in [0.717, 1.165) is 44.9 Å².